The Morgan fingerprint density at radius 2 is 1.84 bits per heavy atom. The van der Waals surface area contributed by atoms with E-state index in [-0.39, 0.29) is 54.2 Å². The number of ketones is 1. The Labute approximate surface area is 185 Å². The summed E-state index contributed by atoms with van der Waals surface area (Å²) in [7, 11) is 0. The highest BCUT2D eigenvalue weighted by molar-refractivity contribution is 6.01. The van der Waals surface area contributed by atoms with Crippen molar-refractivity contribution in [3.63, 3.8) is 0 Å². The monoisotopic (exact) mass is 447 g/mol. The second-order valence-electron chi connectivity index (χ2n) is 9.93. The lowest BCUT2D eigenvalue weighted by molar-refractivity contribution is -0.0361. The van der Waals surface area contributed by atoms with Crippen LogP contribution in [0.1, 0.15) is 77.9 Å². The molecule has 2 aliphatic carbocycles. The topological polar surface area (TPSA) is 77.1 Å². The van der Waals surface area contributed by atoms with E-state index in [0.29, 0.717) is 24.1 Å². The number of Topliss-reactive ketones (excluding diaryl/α,β-unsaturated/α-hetero) is 1. The minimum atomic E-state index is -2.70. The highest BCUT2D eigenvalue weighted by atomic mass is 19.3. The number of aryl methyl sites for hydroxylation is 1. The Kier molecular flexibility index (Phi) is 5.38. The number of carbonyl (C=O) groups excluding carboxylic acids is 2. The van der Waals surface area contributed by atoms with E-state index in [1.165, 1.54) is 6.07 Å². The third kappa shape index (κ3) is 4.14. The summed E-state index contributed by atoms with van der Waals surface area (Å²) in [4.78, 5) is 24.7. The van der Waals surface area contributed by atoms with E-state index in [9.17, 15) is 18.4 Å². The highest BCUT2D eigenvalue weighted by Gasteiger charge is 2.36. The molecule has 3 N–H and O–H groups in total. The number of amides is 1. The standard InChI is InChI=1S/C24H28F3N3O2/c1-13-12-30(18-10-23(2,3)11-19(31)20(13)18)15-8-16(25)21(22(28)32)17(9-15)29-14-4-6-24(26,27)7-5-14/h8-9,12,14,29H,4-7,10-11H2,1-3H3,(H2,28,32). The van der Waals surface area contributed by atoms with Crippen LogP contribution in [0.25, 0.3) is 5.69 Å². The molecular formula is C24H28F3N3O2. The van der Waals surface area contributed by atoms with Crippen LogP contribution in [0.5, 0.6) is 0 Å². The van der Waals surface area contributed by atoms with E-state index in [4.69, 9.17) is 5.73 Å². The number of nitrogens with one attached hydrogen (secondary N) is 1. The minimum Gasteiger partial charge on any atom is -0.382 e. The first-order valence-electron chi connectivity index (χ1n) is 10.9. The fourth-order valence-corrected chi connectivity index (χ4v) is 5.01. The molecule has 0 radical (unpaired) electrons. The van der Waals surface area contributed by atoms with E-state index in [2.05, 4.69) is 5.32 Å². The molecule has 5 nitrogen and oxygen atoms in total. The normalized spacial score (nSPS) is 20.1. The molecule has 1 amide bonds. The third-order valence-electron chi connectivity index (χ3n) is 6.54. The van der Waals surface area contributed by atoms with Crippen molar-refractivity contribution in [2.24, 2.45) is 11.1 Å². The first-order valence-corrected chi connectivity index (χ1v) is 10.9. The molecule has 0 spiro atoms. The largest absolute Gasteiger partial charge is 0.382 e. The summed E-state index contributed by atoms with van der Waals surface area (Å²) >= 11 is 0. The van der Waals surface area contributed by atoms with Crippen molar-refractivity contribution in [3.8, 4) is 5.69 Å². The number of alkyl halides is 2. The van der Waals surface area contributed by atoms with Gasteiger partial charge in [0.25, 0.3) is 5.91 Å². The third-order valence-corrected chi connectivity index (χ3v) is 6.54. The van der Waals surface area contributed by atoms with Gasteiger partial charge in [-0.2, -0.15) is 0 Å². The minimum absolute atomic E-state index is 0.0585. The van der Waals surface area contributed by atoms with Gasteiger partial charge in [0.1, 0.15) is 5.82 Å². The summed E-state index contributed by atoms with van der Waals surface area (Å²) in [5.41, 5.74) is 7.82. The van der Waals surface area contributed by atoms with Crippen LogP contribution in [0.3, 0.4) is 0 Å². The van der Waals surface area contributed by atoms with Crippen LogP contribution >= 0.6 is 0 Å². The number of hydrogen-bond acceptors (Lipinski definition) is 3. The smallest absolute Gasteiger partial charge is 0.253 e. The van der Waals surface area contributed by atoms with Gasteiger partial charge in [0.05, 0.1) is 16.9 Å². The highest BCUT2D eigenvalue weighted by Crippen LogP contribution is 2.39. The van der Waals surface area contributed by atoms with Crippen molar-refractivity contribution < 1.29 is 22.8 Å². The van der Waals surface area contributed by atoms with Crippen LogP contribution in [-0.4, -0.2) is 28.2 Å². The Balaban J connectivity index is 1.77. The Morgan fingerprint density at radius 3 is 2.47 bits per heavy atom. The van der Waals surface area contributed by atoms with Crippen LogP contribution < -0.4 is 11.1 Å². The molecule has 8 heteroatoms. The Hall–Kier alpha value is -2.77. The fourth-order valence-electron chi connectivity index (χ4n) is 5.01. The average molecular weight is 448 g/mol. The van der Waals surface area contributed by atoms with Gasteiger partial charge in [-0.3, -0.25) is 9.59 Å². The molecule has 1 saturated carbocycles. The van der Waals surface area contributed by atoms with Gasteiger partial charge in [0.2, 0.25) is 5.92 Å². The Morgan fingerprint density at radius 1 is 1.19 bits per heavy atom. The van der Waals surface area contributed by atoms with Crippen molar-refractivity contribution >= 4 is 17.4 Å². The van der Waals surface area contributed by atoms with E-state index >= 15 is 4.39 Å². The number of carbonyl (C=O) groups is 2. The van der Waals surface area contributed by atoms with E-state index in [0.717, 1.165) is 11.3 Å². The van der Waals surface area contributed by atoms with Crippen LogP contribution in [0.4, 0.5) is 18.9 Å². The summed E-state index contributed by atoms with van der Waals surface area (Å²) < 4.78 is 43.9. The van der Waals surface area contributed by atoms with Gasteiger partial charge in [0, 0.05) is 42.8 Å². The first kappa shape index (κ1) is 22.4. The number of benzene rings is 1. The van der Waals surface area contributed by atoms with Gasteiger partial charge in [0.15, 0.2) is 5.78 Å². The maximum atomic E-state index is 15.1. The van der Waals surface area contributed by atoms with E-state index in [1.54, 1.807) is 16.8 Å². The molecule has 1 aromatic carbocycles. The van der Waals surface area contributed by atoms with Gasteiger partial charge in [-0.1, -0.05) is 13.8 Å². The summed E-state index contributed by atoms with van der Waals surface area (Å²) in [6.07, 6.45) is 2.77. The number of primary amides is 1. The van der Waals surface area contributed by atoms with E-state index in [1.807, 2.05) is 20.8 Å². The molecular weight excluding hydrogens is 419 g/mol. The van der Waals surface area contributed by atoms with Crippen molar-refractivity contribution in [3.05, 3.63) is 46.5 Å². The lowest BCUT2D eigenvalue weighted by Gasteiger charge is -2.31. The van der Waals surface area contributed by atoms with Gasteiger partial charge in [-0.15, -0.1) is 0 Å². The number of halogens is 3. The second kappa shape index (κ2) is 7.67. The maximum Gasteiger partial charge on any atom is 0.253 e. The molecule has 0 aliphatic heterocycles. The predicted molar refractivity (Wildman–Crippen MR) is 116 cm³/mol. The van der Waals surface area contributed by atoms with Crippen molar-refractivity contribution in [1.29, 1.82) is 0 Å². The summed E-state index contributed by atoms with van der Waals surface area (Å²) in [6.45, 7) is 5.88. The van der Waals surface area contributed by atoms with Gasteiger partial charge in [-0.25, -0.2) is 13.2 Å². The molecule has 1 fully saturated rings. The first-order chi connectivity index (χ1) is 14.9. The van der Waals surface area contributed by atoms with Crippen LogP contribution in [0.15, 0.2) is 18.3 Å². The number of fused-ring (bicyclic) bond motifs is 1. The molecule has 0 bridgehead atoms. The SMILES string of the molecule is Cc1cn(-c2cc(F)c(C(N)=O)c(NC3CCC(F)(F)CC3)c2)c2c1C(=O)CC(C)(C)C2. The molecule has 32 heavy (non-hydrogen) atoms. The quantitative estimate of drug-likeness (QED) is 0.679. The van der Waals surface area contributed by atoms with Crippen molar-refractivity contribution in [2.75, 3.05) is 5.32 Å². The average Bonchev–Trinajstić information content (AvgIpc) is 2.98. The lowest BCUT2D eigenvalue weighted by Crippen LogP contribution is -2.33. The zero-order chi connectivity index (χ0) is 23.4. The predicted octanol–water partition coefficient (Wildman–Crippen LogP) is 5.17. The number of aromatic nitrogens is 1. The number of hydrogen-bond donors (Lipinski definition) is 2. The number of rotatable bonds is 4. The van der Waals surface area contributed by atoms with Crippen molar-refractivity contribution in [1.82, 2.24) is 4.57 Å². The van der Waals surface area contributed by atoms with Gasteiger partial charge in [-0.05, 0) is 49.3 Å². The number of nitrogens with zero attached hydrogens (tertiary/aromatic N) is 1. The lowest BCUT2D eigenvalue weighted by atomic mass is 9.75. The molecule has 0 atom stereocenters. The zero-order valence-electron chi connectivity index (χ0n) is 18.5. The van der Waals surface area contributed by atoms with Gasteiger partial charge >= 0.3 is 0 Å². The molecule has 0 unspecified atom stereocenters. The molecule has 2 aliphatic rings. The van der Waals surface area contributed by atoms with E-state index < -0.39 is 17.6 Å². The number of nitrogens with two attached hydrogens (primary N) is 1. The molecule has 172 valence electrons. The molecule has 1 heterocycles. The zero-order valence-corrected chi connectivity index (χ0v) is 18.5. The molecule has 1 aromatic heterocycles. The Bertz CT molecular complexity index is 1090. The van der Waals surface area contributed by atoms with Gasteiger partial charge < -0.3 is 15.6 Å². The van der Waals surface area contributed by atoms with Crippen LogP contribution in [-0.2, 0) is 6.42 Å². The summed E-state index contributed by atoms with van der Waals surface area (Å²) in [5.74, 6) is -4.36. The summed E-state index contributed by atoms with van der Waals surface area (Å²) in [6, 6.07) is 2.52. The number of anilines is 1. The molecule has 2 aromatic rings. The molecule has 0 saturated heterocycles. The summed E-state index contributed by atoms with van der Waals surface area (Å²) in [5, 5.41) is 3.08. The second-order valence-corrected chi connectivity index (χ2v) is 9.93. The van der Waals surface area contributed by atoms with Crippen molar-refractivity contribution in [2.45, 2.75) is 71.3 Å². The fraction of sp³-hybridized carbons (Fsp3) is 0.500. The van der Waals surface area contributed by atoms with Crippen LogP contribution in [0, 0.1) is 18.2 Å². The van der Waals surface area contributed by atoms with Crippen LogP contribution in [0.2, 0.25) is 0 Å². The molecule has 4 rings (SSSR count). The maximum absolute atomic E-state index is 15.1.